The summed E-state index contributed by atoms with van der Waals surface area (Å²) in [6.07, 6.45) is 11.5. The van der Waals surface area contributed by atoms with Crippen molar-refractivity contribution in [3.8, 4) is 16.9 Å². The fraction of sp³-hybridized carbons (Fsp3) is 0.442. The third-order valence-electron chi connectivity index (χ3n) is 12.8. The van der Waals surface area contributed by atoms with Crippen molar-refractivity contribution >= 4 is 52.7 Å². The number of aromatic nitrogens is 3. The summed E-state index contributed by atoms with van der Waals surface area (Å²) >= 11 is 13.9. The van der Waals surface area contributed by atoms with E-state index < -0.39 is 17.2 Å². The Hall–Kier alpha value is -4.29. The molecule has 2 aliphatic heterocycles. The Morgan fingerprint density at radius 2 is 1.75 bits per heavy atom. The first kappa shape index (κ1) is 38.6. The molecule has 0 atom stereocenters. The quantitative estimate of drug-likeness (QED) is 0.146. The Bertz CT molecular complexity index is 2210. The zero-order valence-electron chi connectivity index (χ0n) is 31.8. The predicted molar refractivity (Wildman–Crippen MR) is 217 cm³/mol. The Kier molecular flexibility index (Phi) is 10.7. The molecule has 2 aromatic carbocycles. The minimum atomic E-state index is -0.630. The van der Waals surface area contributed by atoms with Crippen LogP contribution in [0.15, 0.2) is 48.7 Å². The van der Waals surface area contributed by atoms with E-state index in [1.54, 1.807) is 55.8 Å². The molecule has 0 spiro atoms. The average molecular weight is 802 g/mol. The van der Waals surface area contributed by atoms with Gasteiger partial charge in [0.05, 0.1) is 34.0 Å². The van der Waals surface area contributed by atoms with Crippen molar-refractivity contribution < 1.29 is 23.8 Å². The second-order valence-electron chi connectivity index (χ2n) is 16.1. The van der Waals surface area contributed by atoms with E-state index >= 15 is 4.39 Å². The molecule has 294 valence electrons. The molecule has 4 aliphatic rings. The van der Waals surface area contributed by atoms with Crippen molar-refractivity contribution in [3.05, 3.63) is 92.7 Å². The summed E-state index contributed by atoms with van der Waals surface area (Å²) in [4.78, 5) is 39.6. The zero-order chi connectivity index (χ0) is 39.2. The molecule has 1 amide bonds. The number of pyridine rings is 1. The first-order valence-corrected chi connectivity index (χ1v) is 20.3. The number of halogens is 3. The van der Waals surface area contributed by atoms with Crippen molar-refractivity contribution in [2.45, 2.75) is 70.9 Å². The standard InChI is InChI=1S/C43H47Cl2FN6O4/c1-50-35-11-19-52(20-16-42-12-14-43(26-42,15-13-42)41(54)55)25-34(35)48-39(50)40(53)49-32-10-6-9-30(38(32)45)29-8-5-7-27(37(29)44)21-31(46)33-22-36(56-2)28(23-47-33)24-51-17-3-4-18-51/h5-10,21-23H,3-4,11-20,24-26H2,1-2H3,(H,49,53)(H,54,55)/b31-21-. The maximum Gasteiger partial charge on any atom is 0.309 e. The number of anilines is 1. The first-order valence-electron chi connectivity index (χ1n) is 19.5. The van der Waals surface area contributed by atoms with Crippen molar-refractivity contribution in [1.82, 2.24) is 24.3 Å². The number of aliphatic carboxylic acids is 1. The van der Waals surface area contributed by atoms with Crippen molar-refractivity contribution in [2.75, 3.05) is 38.6 Å². The molecule has 2 aromatic heterocycles. The van der Waals surface area contributed by atoms with Crippen molar-refractivity contribution in [1.29, 1.82) is 0 Å². The van der Waals surface area contributed by atoms with E-state index in [2.05, 4.69) is 20.1 Å². The van der Waals surface area contributed by atoms with Gasteiger partial charge in [-0.3, -0.25) is 24.4 Å². The summed E-state index contributed by atoms with van der Waals surface area (Å²) in [5.74, 6) is -0.688. The number of ether oxygens (including phenoxy) is 1. The molecule has 3 fully saturated rings. The van der Waals surface area contributed by atoms with E-state index in [1.807, 2.05) is 11.6 Å². The highest BCUT2D eigenvalue weighted by Crippen LogP contribution is 2.63. The number of benzene rings is 2. The lowest BCUT2D eigenvalue weighted by atomic mass is 9.80. The largest absolute Gasteiger partial charge is 0.496 e. The molecule has 56 heavy (non-hydrogen) atoms. The second kappa shape index (κ2) is 15.6. The summed E-state index contributed by atoms with van der Waals surface area (Å²) in [6.45, 7) is 5.15. The summed E-state index contributed by atoms with van der Waals surface area (Å²) in [5, 5.41) is 13.4. The molecule has 8 rings (SSSR count). The van der Waals surface area contributed by atoms with Gasteiger partial charge in [0.15, 0.2) is 5.82 Å². The SMILES string of the molecule is COc1cc(/C(F)=C/c2cccc(-c3cccc(NC(=O)c4nc5c(n4C)CCN(CCC46CCC(C(=O)O)(CC4)C6)C5)c3Cl)c2Cl)ncc1CN1CCCC1. The van der Waals surface area contributed by atoms with E-state index in [4.69, 9.17) is 32.9 Å². The van der Waals surface area contributed by atoms with Crippen LogP contribution in [0.25, 0.3) is 23.0 Å². The third kappa shape index (κ3) is 7.35. The number of imidazole rings is 1. The summed E-state index contributed by atoms with van der Waals surface area (Å²) < 4.78 is 23.2. The normalized spacial score (nSPS) is 22.4. The van der Waals surface area contributed by atoms with Crippen LogP contribution in [-0.4, -0.2) is 74.6 Å². The Balaban J connectivity index is 0.953. The van der Waals surface area contributed by atoms with Gasteiger partial charge in [-0.15, -0.1) is 0 Å². The average Bonchev–Trinajstić information content (AvgIpc) is 4.00. The molecular formula is C43H47Cl2FN6O4. The van der Waals surface area contributed by atoms with Gasteiger partial charge in [-0.1, -0.05) is 53.5 Å². The summed E-state index contributed by atoms with van der Waals surface area (Å²) in [6, 6.07) is 12.2. The lowest BCUT2D eigenvalue weighted by Crippen LogP contribution is -2.34. The number of likely N-dealkylation sites (tertiary alicyclic amines) is 1. The number of nitrogens with zero attached hydrogens (tertiary/aromatic N) is 5. The van der Waals surface area contributed by atoms with E-state index in [-0.39, 0.29) is 17.0 Å². The maximum absolute atomic E-state index is 15.7. The molecule has 2 N–H and O–H groups in total. The lowest BCUT2D eigenvalue weighted by molar-refractivity contribution is -0.148. The van der Waals surface area contributed by atoms with E-state index in [0.717, 1.165) is 88.1 Å². The van der Waals surface area contributed by atoms with Gasteiger partial charge in [-0.05, 0) is 94.1 Å². The van der Waals surface area contributed by atoms with Crippen LogP contribution < -0.4 is 10.1 Å². The van der Waals surface area contributed by atoms with Gasteiger partial charge in [0.2, 0.25) is 0 Å². The molecule has 2 bridgehead atoms. The van der Waals surface area contributed by atoms with E-state index in [9.17, 15) is 14.7 Å². The smallest absolute Gasteiger partial charge is 0.309 e. The molecule has 4 heterocycles. The number of fused-ring (bicyclic) bond motifs is 3. The van der Waals surface area contributed by atoms with Gasteiger partial charge in [0.1, 0.15) is 17.3 Å². The molecule has 1 saturated heterocycles. The monoisotopic (exact) mass is 800 g/mol. The van der Waals surface area contributed by atoms with Crippen LogP contribution >= 0.6 is 23.2 Å². The number of hydrogen-bond acceptors (Lipinski definition) is 7. The fourth-order valence-electron chi connectivity index (χ4n) is 9.51. The lowest BCUT2D eigenvalue weighted by Gasteiger charge is -2.32. The first-order chi connectivity index (χ1) is 27.0. The van der Waals surface area contributed by atoms with Crippen LogP contribution in [0.2, 0.25) is 10.0 Å². The van der Waals surface area contributed by atoms with Crippen LogP contribution in [0.1, 0.15) is 90.2 Å². The van der Waals surface area contributed by atoms with Crippen molar-refractivity contribution in [2.24, 2.45) is 17.9 Å². The third-order valence-corrected chi connectivity index (χ3v) is 13.6. The highest BCUT2D eigenvalue weighted by Gasteiger charge is 2.57. The Morgan fingerprint density at radius 3 is 2.46 bits per heavy atom. The number of carbonyl (C=O) groups is 2. The molecule has 2 aliphatic carbocycles. The highest BCUT2D eigenvalue weighted by atomic mass is 35.5. The number of carboxylic acids is 1. The molecule has 13 heteroatoms. The Labute approximate surface area is 336 Å². The highest BCUT2D eigenvalue weighted by molar-refractivity contribution is 6.39. The fourth-order valence-corrected chi connectivity index (χ4v) is 10.1. The van der Waals surface area contributed by atoms with Crippen LogP contribution in [0.4, 0.5) is 10.1 Å². The number of hydrogen-bond donors (Lipinski definition) is 2. The second-order valence-corrected chi connectivity index (χ2v) is 16.9. The van der Waals surface area contributed by atoms with Crippen LogP contribution in [0, 0.1) is 10.8 Å². The maximum atomic E-state index is 15.7. The minimum absolute atomic E-state index is 0.131. The minimum Gasteiger partial charge on any atom is -0.496 e. The number of carboxylic acid groups (broad SMARTS) is 1. The predicted octanol–water partition coefficient (Wildman–Crippen LogP) is 8.90. The molecule has 10 nitrogen and oxygen atoms in total. The van der Waals surface area contributed by atoms with Gasteiger partial charge in [0, 0.05) is 67.8 Å². The Morgan fingerprint density at radius 1 is 1.02 bits per heavy atom. The van der Waals surface area contributed by atoms with Crippen LogP contribution in [-0.2, 0) is 31.4 Å². The summed E-state index contributed by atoms with van der Waals surface area (Å²) in [5.41, 5.74) is 4.60. The summed E-state index contributed by atoms with van der Waals surface area (Å²) in [7, 11) is 3.44. The van der Waals surface area contributed by atoms with Gasteiger partial charge >= 0.3 is 5.97 Å². The number of carbonyl (C=O) groups excluding carboxylic acids is 1. The zero-order valence-corrected chi connectivity index (χ0v) is 33.4. The van der Waals surface area contributed by atoms with Crippen LogP contribution in [0.3, 0.4) is 0 Å². The topological polar surface area (TPSA) is 113 Å². The molecule has 4 aromatic rings. The number of rotatable bonds is 12. The van der Waals surface area contributed by atoms with Gasteiger partial charge in [0.25, 0.3) is 5.91 Å². The van der Waals surface area contributed by atoms with Crippen molar-refractivity contribution in [3.63, 3.8) is 0 Å². The molecule has 0 radical (unpaired) electrons. The number of amides is 1. The van der Waals surface area contributed by atoms with Gasteiger partial charge in [-0.2, -0.15) is 0 Å². The van der Waals surface area contributed by atoms with Crippen LogP contribution in [0.5, 0.6) is 5.75 Å². The molecule has 0 unspecified atom stereocenters. The molecular weight excluding hydrogens is 754 g/mol. The van der Waals surface area contributed by atoms with E-state index in [0.29, 0.717) is 57.1 Å². The van der Waals surface area contributed by atoms with E-state index in [1.165, 1.54) is 18.9 Å². The number of nitrogens with one attached hydrogen (secondary N) is 1. The van der Waals surface area contributed by atoms with Gasteiger partial charge < -0.3 is 19.7 Å². The molecule has 2 saturated carbocycles. The number of methoxy groups -OCH3 is 1. The van der Waals surface area contributed by atoms with Gasteiger partial charge in [-0.25, -0.2) is 9.37 Å².